The van der Waals surface area contributed by atoms with Gasteiger partial charge in [-0.3, -0.25) is 0 Å². The minimum Gasteiger partial charge on any atom is -0.345 e. The van der Waals surface area contributed by atoms with Crippen LogP contribution in [0, 0.1) is 0 Å². The maximum Gasteiger partial charge on any atom is 0.122 e. The van der Waals surface area contributed by atoms with Crippen LogP contribution in [-0.4, -0.2) is 9.38 Å². The molecule has 0 bridgehead atoms. The Balaban J connectivity index is 2.45. The number of aromatic nitrogens is 2. The molecule has 1 N–H and O–H groups in total. The third-order valence-corrected chi connectivity index (χ3v) is 2.95. The summed E-state index contributed by atoms with van der Waals surface area (Å²) in [5.74, 6) is 0.542. The minimum absolute atomic E-state index is 0.542. The molecule has 0 saturated carbocycles. The second-order valence-electron chi connectivity index (χ2n) is 4.30. The van der Waals surface area contributed by atoms with Crippen molar-refractivity contribution in [2.24, 2.45) is 0 Å². The third-order valence-electron chi connectivity index (χ3n) is 2.95. The van der Waals surface area contributed by atoms with Crippen molar-refractivity contribution in [3.05, 3.63) is 42.4 Å². The number of aromatic amines is 1. The van der Waals surface area contributed by atoms with Gasteiger partial charge < -0.3 is 9.38 Å². The Hall–Kier alpha value is -1.70. The zero-order valence-electron chi connectivity index (χ0n) is 8.99. The zero-order valence-corrected chi connectivity index (χ0v) is 8.99. The Kier molecular flexibility index (Phi) is 1.66. The van der Waals surface area contributed by atoms with Crippen LogP contribution < -0.4 is 0 Å². The molecular formula is C13H14N2. The molecule has 0 saturated heterocycles. The number of nitrogens with one attached hydrogen (secondary N) is 1. The van der Waals surface area contributed by atoms with Crippen molar-refractivity contribution < 1.29 is 0 Å². The van der Waals surface area contributed by atoms with E-state index >= 15 is 0 Å². The Morgan fingerprint density at radius 3 is 2.80 bits per heavy atom. The largest absolute Gasteiger partial charge is 0.345 e. The first-order chi connectivity index (χ1) is 7.27. The van der Waals surface area contributed by atoms with E-state index in [4.69, 9.17) is 0 Å². The number of rotatable bonds is 1. The van der Waals surface area contributed by atoms with Gasteiger partial charge in [-0.05, 0) is 5.92 Å². The monoisotopic (exact) mass is 198 g/mol. The SMILES string of the molecule is CC(C)c1c[nH]c2c3ccccc3cn12. The summed E-state index contributed by atoms with van der Waals surface area (Å²) in [6, 6.07) is 8.47. The van der Waals surface area contributed by atoms with Gasteiger partial charge in [-0.2, -0.15) is 0 Å². The first-order valence-electron chi connectivity index (χ1n) is 5.34. The highest BCUT2D eigenvalue weighted by molar-refractivity contribution is 5.95. The second kappa shape index (κ2) is 2.89. The molecule has 0 unspecified atom stereocenters. The van der Waals surface area contributed by atoms with Gasteiger partial charge >= 0.3 is 0 Å². The highest BCUT2D eigenvalue weighted by atomic mass is 15.0. The van der Waals surface area contributed by atoms with E-state index in [-0.39, 0.29) is 0 Å². The van der Waals surface area contributed by atoms with E-state index in [1.54, 1.807) is 0 Å². The molecular weight excluding hydrogens is 184 g/mol. The van der Waals surface area contributed by atoms with Crippen LogP contribution in [0.4, 0.5) is 0 Å². The zero-order chi connectivity index (χ0) is 10.4. The molecule has 76 valence electrons. The minimum atomic E-state index is 0.542. The van der Waals surface area contributed by atoms with Crippen LogP contribution in [0.25, 0.3) is 16.4 Å². The fourth-order valence-corrected chi connectivity index (χ4v) is 2.17. The van der Waals surface area contributed by atoms with E-state index in [0.717, 1.165) is 0 Å². The predicted molar refractivity (Wildman–Crippen MR) is 63.3 cm³/mol. The van der Waals surface area contributed by atoms with E-state index in [2.05, 4.69) is 59.9 Å². The van der Waals surface area contributed by atoms with Crippen molar-refractivity contribution in [3.8, 4) is 0 Å². The van der Waals surface area contributed by atoms with Gasteiger partial charge in [0.15, 0.2) is 0 Å². The predicted octanol–water partition coefficient (Wildman–Crippen LogP) is 3.54. The van der Waals surface area contributed by atoms with Gasteiger partial charge in [0.25, 0.3) is 0 Å². The summed E-state index contributed by atoms with van der Waals surface area (Å²) in [6.07, 6.45) is 4.31. The fourth-order valence-electron chi connectivity index (χ4n) is 2.17. The van der Waals surface area contributed by atoms with Crippen molar-refractivity contribution in [2.45, 2.75) is 19.8 Å². The lowest BCUT2D eigenvalue weighted by Gasteiger charge is -2.00. The summed E-state index contributed by atoms with van der Waals surface area (Å²) in [5, 5.41) is 2.59. The number of hydrogen-bond donors (Lipinski definition) is 1. The van der Waals surface area contributed by atoms with Gasteiger partial charge in [0.05, 0.1) is 0 Å². The molecule has 0 atom stereocenters. The van der Waals surface area contributed by atoms with Crippen molar-refractivity contribution in [1.82, 2.24) is 9.38 Å². The Bertz CT molecular complexity index is 614. The molecule has 15 heavy (non-hydrogen) atoms. The van der Waals surface area contributed by atoms with Crippen LogP contribution in [0.3, 0.4) is 0 Å². The van der Waals surface area contributed by atoms with Crippen molar-refractivity contribution in [1.29, 1.82) is 0 Å². The van der Waals surface area contributed by atoms with Crippen LogP contribution in [0.1, 0.15) is 25.5 Å². The number of fused-ring (bicyclic) bond motifs is 3. The average Bonchev–Trinajstić information content (AvgIpc) is 2.74. The molecule has 0 amide bonds. The maximum absolute atomic E-state index is 3.36. The summed E-state index contributed by atoms with van der Waals surface area (Å²) in [7, 11) is 0. The number of nitrogens with zero attached hydrogens (tertiary/aromatic N) is 1. The van der Waals surface area contributed by atoms with Gasteiger partial charge in [0, 0.05) is 28.9 Å². The Labute approximate surface area is 88.5 Å². The molecule has 2 heterocycles. The van der Waals surface area contributed by atoms with Crippen LogP contribution in [0.5, 0.6) is 0 Å². The number of hydrogen-bond acceptors (Lipinski definition) is 0. The van der Waals surface area contributed by atoms with E-state index in [1.165, 1.54) is 22.1 Å². The number of H-pyrrole nitrogens is 1. The molecule has 2 heteroatoms. The standard InChI is InChI=1S/C13H14N2/c1-9(2)12-7-14-13-11-6-4-3-5-10(11)8-15(12)13/h3-9,14H,1-2H3. The molecule has 2 nitrogen and oxygen atoms in total. The van der Waals surface area contributed by atoms with E-state index in [1.807, 2.05) is 0 Å². The van der Waals surface area contributed by atoms with E-state index in [0.29, 0.717) is 5.92 Å². The van der Waals surface area contributed by atoms with Gasteiger partial charge in [-0.1, -0.05) is 38.1 Å². The van der Waals surface area contributed by atoms with Crippen LogP contribution in [-0.2, 0) is 0 Å². The molecule has 0 aliphatic carbocycles. The topological polar surface area (TPSA) is 20.2 Å². The number of imidazole rings is 1. The highest BCUT2D eigenvalue weighted by Crippen LogP contribution is 2.25. The summed E-state index contributed by atoms with van der Waals surface area (Å²) in [6.45, 7) is 4.43. The van der Waals surface area contributed by atoms with Crippen LogP contribution in [0.15, 0.2) is 36.7 Å². The molecule has 0 aliphatic rings. The molecule has 2 aromatic heterocycles. The quantitative estimate of drug-likeness (QED) is 0.617. The van der Waals surface area contributed by atoms with E-state index in [9.17, 15) is 0 Å². The van der Waals surface area contributed by atoms with E-state index < -0.39 is 0 Å². The Morgan fingerprint density at radius 2 is 2.00 bits per heavy atom. The molecule has 0 fully saturated rings. The summed E-state index contributed by atoms with van der Waals surface area (Å²) >= 11 is 0. The van der Waals surface area contributed by atoms with Gasteiger partial charge in [0.2, 0.25) is 0 Å². The van der Waals surface area contributed by atoms with Crippen LogP contribution in [0.2, 0.25) is 0 Å². The molecule has 0 spiro atoms. The number of benzene rings is 1. The molecule has 1 aromatic carbocycles. The first-order valence-corrected chi connectivity index (χ1v) is 5.34. The van der Waals surface area contributed by atoms with Gasteiger partial charge in [0.1, 0.15) is 5.65 Å². The van der Waals surface area contributed by atoms with Gasteiger partial charge in [-0.25, -0.2) is 0 Å². The maximum atomic E-state index is 3.36. The van der Waals surface area contributed by atoms with Gasteiger partial charge in [-0.15, -0.1) is 0 Å². The summed E-state index contributed by atoms with van der Waals surface area (Å²) in [5.41, 5.74) is 2.54. The molecule has 0 aliphatic heterocycles. The first kappa shape index (κ1) is 8.60. The highest BCUT2D eigenvalue weighted by Gasteiger charge is 2.09. The van der Waals surface area contributed by atoms with Crippen LogP contribution >= 0.6 is 0 Å². The van der Waals surface area contributed by atoms with Crippen molar-refractivity contribution in [2.75, 3.05) is 0 Å². The third kappa shape index (κ3) is 1.11. The lowest BCUT2D eigenvalue weighted by Crippen LogP contribution is -1.90. The summed E-state index contributed by atoms with van der Waals surface area (Å²) in [4.78, 5) is 3.36. The lowest BCUT2D eigenvalue weighted by molar-refractivity contribution is 0.812. The normalized spacial score (nSPS) is 11.9. The van der Waals surface area contributed by atoms with Crippen molar-refractivity contribution >= 4 is 16.4 Å². The molecule has 3 aromatic rings. The lowest BCUT2D eigenvalue weighted by atomic mass is 10.1. The molecule has 0 radical (unpaired) electrons. The summed E-state index contributed by atoms with van der Waals surface area (Å²) < 4.78 is 2.26. The second-order valence-corrected chi connectivity index (χ2v) is 4.30. The van der Waals surface area contributed by atoms with Crippen molar-refractivity contribution in [3.63, 3.8) is 0 Å². The fraction of sp³-hybridized carbons (Fsp3) is 0.231. The molecule has 3 rings (SSSR count). The average molecular weight is 198 g/mol. The smallest absolute Gasteiger partial charge is 0.122 e. The Morgan fingerprint density at radius 1 is 1.20 bits per heavy atom.